The lowest BCUT2D eigenvalue weighted by atomic mass is 10.4. The highest BCUT2D eigenvalue weighted by atomic mass is 32.2. The van der Waals surface area contributed by atoms with Crippen molar-refractivity contribution in [2.24, 2.45) is 4.99 Å². The summed E-state index contributed by atoms with van der Waals surface area (Å²) < 4.78 is 11.0. The lowest BCUT2D eigenvalue weighted by Gasteiger charge is -2.04. The number of thiophene rings is 1. The SMILES string of the molecule is [O-][s+]1ccc2c1C=NCN2. The highest BCUT2D eigenvalue weighted by Gasteiger charge is 2.13. The molecule has 0 amide bonds. The van der Waals surface area contributed by atoms with Gasteiger partial charge in [-0.15, -0.1) is 0 Å². The first-order chi connectivity index (χ1) is 4.88. The molecule has 2 heterocycles. The molecule has 1 aliphatic heterocycles. The van der Waals surface area contributed by atoms with Gasteiger partial charge in [-0.05, 0) is 10.8 Å². The van der Waals surface area contributed by atoms with E-state index < -0.39 is 10.8 Å². The fourth-order valence-corrected chi connectivity index (χ4v) is 1.86. The zero-order valence-corrected chi connectivity index (χ0v) is 6.02. The number of nitrogens with zero attached hydrogens (tertiary/aromatic N) is 1. The third-order valence-electron chi connectivity index (χ3n) is 1.41. The van der Waals surface area contributed by atoms with Gasteiger partial charge in [0, 0.05) is 6.07 Å². The van der Waals surface area contributed by atoms with E-state index in [1.807, 2.05) is 6.07 Å². The largest absolute Gasteiger partial charge is 0.590 e. The summed E-state index contributed by atoms with van der Waals surface area (Å²) >= 11 is 0. The van der Waals surface area contributed by atoms with Crippen molar-refractivity contribution in [1.29, 1.82) is 0 Å². The van der Waals surface area contributed by atoms with E-state index in [2.05, 4.69) is 10.3 Å². The molecule has 0 aromatic carbocycles. The van der Waals surface area contributed by atoms with Gasteiger partial charge in [-0.25, -0.2) is 0 Å². The van der Waals surface area contributed by atoms with Crippen LogP contribution < -0.4 is 5.32 Å². The van der Waals surface area contributed by atoms with E-state index in [9.17, 15) is 4.55 Å². The van der Waals surface area contributed by atoms with Crippen molar-refractivity contribution in [3.63, 3.8) is 0 Å². The molecule has 1 unspecified atom stereocenters. The van der Waals surface area contributed by atoms with Gasteiger partial charge in [0.2, 0.25) is 4.88 Å². The first-order valence-corrected chi connectivity index (χ1v) is 4.16. The van der Waals surface area contributed by atoms with E-state index in [-0.39, 0.29) is 0 Å². The van der Waals surface area contributed by atoms with Crippen LogP contribution in [-0.4, -0.2) is 17.4 Å². The lowest BCUT2D eigenvalue weighted by Crippen LogP contribution is -2.04. The molecule has 0 saturated heterocycles. The number of nitrogens with one attached hydrogen (secondary N) is 1. The molecule has 2 rings (SSSR count). The molecule has 3 nitrogen and oxygen atoms in total. The smallest absolute Gasteiger partial charge is 0.213 e. The molecule has 0 saturated carbocycles. The zero-order valence-electron chi connectivity index (χ0n) is 5.20. The standard InChI is InChI=1S/C6H6N2OS/c9-10-2-1-5-6(10)3-7-4-8-5/h1-3,8H,4H2. The van der Waals surface area contributed by atoms with Gasteiger partial charge in [0.1, 0.15) is 17.7 Å². The maximum absolute atomic E-state index is 11.0. The number of fused-ring (bicyclic) bond motifs is 1. The summed E-state index contributed by atoms with van der Waals surface area (Å²) in [4.78, 5) is 4.74. The molecule has 1 aromatic heterocycles. The van der Waals surface area contributed by atoms with Crippen molar-refractivity contribution in [3.05, 3.63) is 16.3 Å². The maximum Gasteiger partial charge on any atom is 0.213 e. The van der Waals surface area contributed by atoms with Crippen LogP contribution >= 0.6 is 10.8 Å². The Morgan fingerprint density at radius 3 is 3.40 bits per heavy atom. The van der Waals surface area contributed by atoms with E-state index in [4.69, 9.17) is 0 Å². The summed E-state index contributed by atoms with van der Waals surface area (Å²) in [6.45, 7) is 0.598. The molecule has 0 bridgehead atoms. The van der Waals surface area contributed by atoms with Gasteiger partial charge in [-0.3, -0.25) is 4.99 Å². The Labute approximate surface area is 61.2 Å². The van der Waals surface area contributed by atoms with Crippen molar-refractivity contribution in [2.75, 3.05) is 12.0 Å². The van der Waals surface area contributed by atoms with Gasteiger partial charge in [0.05, 0.1) is 6.21 Å². The molecule has 52 valence electrons. The lowest BCUT2D eigenvalue weighted by molar-refractivity contribution is 0.598. The second-order valence-electron chi connectivity index (χ2n) is 2.02. The molecule has 10 heavy (non-hydrogen) atoms. The zero-order chi connectivity index (χ0) is 6.97. The maximum atomic E-state index is 11.0. The van der Waals surface area contributed by atoms with Crippen molar-refractivity contribution >= 4 is 22.7 Å². The van der Waals surface area contributed by atoms with Gasteiger partial charge >= 0.3 is 0 Å². The Kier molecular flexibility index (Phi) is 1.22. The third-order valence-corrected chi connectivity index (χ3v) is 2.55. The van der Waals surface area contributed by atoms with Crippen LogP contribution in [0.5, 0.6) is 0 Å². The fraction of sp³-hybridized carbons (Fsp3) is 0.167. The van der Waals surface area contributed by atoms with Gasteiger partial charge in [0.15, 0.2) is 0 Å². The van der Waals surface area contributed by atoms with Crippen LogP contribution in [0.15, 0.2) is 16.4 Å². The molecule has 1 aliphatic rings. The molecule has 4 heteroatoms. The van der Waals surface area contributed by atoms with Crippen LogP contribution in [-0.2, 0) is 0 Å². The van der Waals surface area contributed by atoms with Crippen LogP contribution in [0.1, 0.15) is 4.88 Å². The van der Waals surface area contributed by atoms with Gasteiger partial charge in [-0.2, -0.15) is 0 Å². The van der Waals surface area contributed by atoms with Crippen molar-refractivity contribution in [2.45, 2.75) is 0 Å². The van der Waals surface area contributed by atoms with Crippen LogP contribution in [0.2, 0.25) is 0 Å². The Morgan fingerprint density at radius 2 is 2.60 bits per heavy atom. The monoisotopic (exact) mass is 154 g/mol. The average molecular weight is 154 g/mol. The minimum Gasteiger partial charge on any atom is -0.590 e. The normalized spacial score (nSPS) is 16.3. The highest BCUT2D eigenvalue weighted by molar-refractivity contribution is 7.25. The number of hydrogen-bond donors (Lipinski definition) is 1. The molecule has 0 spiro atoms. The minimum atomic E-state index is -0.952. The predicted octanol–water partition coefficient (Wildman–Crippen LogP) is 1.22. The molecule has 1 aromatic rings. The number of aliphatic imine (C=N–C) groups is 1. The number of hydrogen-bond acceptors (Lipinski definition) is 3. The number of rotatable bonds is 0. The quantitative estimate of drug-likeness (QED) is 0.571. The molecule has 0 aliphatic carbocycles. The van der Waals surface area contributed by atoms with Gasteiger partial charge < -0.3 is 9.87 Å². The number of anilines is 1. The Bertz CT molecular complexity index is 279. The van der Waals surface area contributed by atoms with Gasteiger partial charge in [-0.1, -0.05) is 0 Å². The summed E-state index contributed by atoms with van der Waals surface area (Å²) in [5, 5.41) is 4.68. The van der Waals surface area contributed by atoms with Gasteiger partial charge in [0.25, 0.3) is 0 Å². The van der Waals surface area contributed by atoms with Crippen molar-refractivity contribution < 1.29 is 4.55 Å². The molecule has 1 N–H and O–H groups in total. The first kappa shape index (κ1) is 5.88. The highest BCUT2D eigenvalue weighted by Crippen LogP contribution is 2.29. The molecule has 0 radical (unpaired) electrons. The molecular formula is C6H6N2OS. The summed E-state index contributed by atoms with van der Waals surface area (Å²) in [7, 11) is -0.952. The summed E-state index contributed by atoms with van der Waals surface area (Å²) in [5.74, 6) is 0. The summed E-state index contributed by atoms with van der Waals surface area (Å²) in [5.41, 5.74) is 0.952. The Balaban J connectivity index is 2.57. The second-order valence-corrected chi connectivity index (χ2v) is 3.33. The summed E-state index contributed by atoms with van der Waals surface area (Å²) in [6.07, 6.45) is 1.67. The Hall–Kier alpha value is -0.870. The van der Waals surface area contributed by atoms with Crippen LogP contribution in [0.4, 0.5) is 5.69 Å². The molecule has 1 atom stereocenters. The van der Waals surface area contributed by atoms with Crippen molar-refractivity contribution in [3.8, 4) is 0 Å². The molecular weight excluding hydrogens is 148 g/mol. The van der Waals surface area contributed by atoms with E-state index in [1.54, 1.807) is 11.6 Å². The van der Waals surface area contributed by atoms with Crippen LogP contribution in [0.3, 0.4) is 0 Å². The van der Waals surface area contributed by atoms with E-state index >= 15 is 0 Å². The topological polar surface area (TPSA) is 47.5 Å². The van der Waals surface area contributed by atoms with E-state index in [1.165, 1.54) is 0 Å². The van der Waals surface area contributed by atoms with Crippen LogP contribution in [0.25, 0.3) is 0 Å². The van der Waals surface area contributed by atoms with E-state index in [0.717, 1.165) is 10.6 Å². The minimum absolute atomic E-state index is 0.598. The van der Waals surface area contributed by atoms with Crippen LogP contribution in [0, 0.1) is 0 Å². The van der Waals surface area contributed by atoms with E-state index in [0.29, 0.717) is 6.67 Å². The predicted molar refractivity (Wildman–Crippen MR) is 41.2 cm³/mol. The van der Waals surface area contributed by atoms with Crippen molar-refractivity contribution in [1.82, 2.24) is 0 Å². The molecule has 0 fully saturated rings. The summed E-state index contributed by atoms with van der Waals surface area (Å²) in [6, 6.07) is 1.83. The third kappa shape index (κ3) is 0.732. The average Bonchev–Trinajstić information content (AvgIpc) is 2.34. The Morgan fingerprint density at radius 1 is 1.70 bits per heavy atom. The second kappa shape index (κ2) is 2.07. The first-order valence-electron chi connectivity index (χ1n) is 2.95. The fourth-order valence-electron chi connectivity index (χ4n) is 0.921.